The topological polar surface area (TPSA) is 45.4 Å². The molecule has 2 N–H and O–H groups in total. The number of aromatic nitrogens is 1. The van der Waals surface area contributed by atoms with Crippen LogP contribution >= 0.6 is 12.6 Å². The minimum atomic E-state index is -0.0222. The fraction of sp³-hybridized carbons (Fsp3) is 0.115. The minimum Gasteiger partial charge on any atom is -0.504 e. The molecule has 0 saturated heterocycles. The largest absolute Gasteiger partial charge is 0.504 e. The van der Waals surface area contributed by atoms with Gasteiger partial charge in [-0.1, -0.05) is 139 Å². The van der Waals surface area contributed by atoms with Crippen LogP contribution in [-0.2, 0) is 6.42 Å². The summed E-state index contributed by atoms with van der Waals surface area (Å²) in [6, 6.07) is 58.4. The maximum absolute atomic E-state index is 10.4. The fourth-order valence-corrected chi connectivity index (χ4v) is 8.58. The van der Waals surface area contributed by atoms with Crippen molar-refractivity contribution in [1.82, 2.24) is 4.57 Å². The third kappa shape index (κ3) is 6.61. The highest BCUT2D eigenvalue weighted by molar-refractivity contribution is 7.80. The summed E-state index contributed by atoms with van der Waals surface area (Å²) >= 11 is 4.58. The summed E-state index contributed by atoms with van der Waals surface area (Å²) in [6.45, 7) is 3.97. The van der Waals surface area contributed by atoms with Gasteiger partial charge in [0.05, 0.1) is 11.0 Å². The third-order valence-electron chi connectivity index (χ3n) is 11.3. The van der Waals surface area contributed by atoms with E-state index in [0.29, 0.717) is 11.5 Å². The molecule has 1 aliphatic rings. The number of benzene rings is 8. The maximum Gasteiger partial charge on any atom is 0.166 e. The maximum atomic E-state index is 10.4. The van der Waals surface area contributed by atoms with Gasteiger partial charge in [0.15, 0.2) is 11.5 Å². The molecule has 1 fully saturated rings. The van der Waals surface area contributed by atoms with Crippen LogP contribution in [0.2, 0.25) is 0 Å². The van der Waals surface area contributed by atoms with E-state index in [9.17, 15) is 10.2 Å². The summed E-state index contributed by atoms with van der Waals surface area (Å²) in [6.07, 6.45) is 3.05. The molecular weight excluding hydrogens is 703 g/mol. The third-order valence-corrected chi connectivity index (χ3v) is 11.9. The summed E-state index contributed by atoms with van der Waals surface area (Å²) in [4.78, 5) is 0.804. The minimum absolute atomic E-state index is 0.00123. The van der Waals surface area contributed by atoms with Crippen LogP contribution in [-0.4, -0.2) is 14.8 Å². The molecule has 0 radical (unpaired) electrons. The van der Waals surface area contributed by atoms with Gasteiger partial charge in [-0.3, -0.25) is 0 Å². The molecule has 0 unspecified atom stereocenters. The van der Waals surface area contributed by atoms with Gasteiger partial charge < -0.3 is 14.8 Å². The number of hydrogen-bond acceptors (Lipinski definition) is 3. The Morgan fingerprint density at radius 3 is 1.95 bits per heavy atom. The molecule has 56 heavy (non-hydrogen) atoms. The van der Waals surface area contributed by atoms with Gasteiger partial charge in [0, 0.05) is 32.5 Å². The highest BCUT2D eigenvalue weighted by atomic mass is 32.1. The van der Waals surface area contributed by atoms with E-state index in [-0.39, 0.29) is 11.5 Å². The van der Waals surface area contributed by atoms with E-state index in [4.69, 9.17) is 0 Å². The molecule has 0 atom stereocenters. The summed E-state index contributed by atoms with van der Waals surface area (Å²) in [5.41, 5.74) is 13.3. The number of aryl methyl sites for hydroxylation is 1. The molecule has 274 valence electrons. The van der Waals surface area contributed by atoms with E-state index >= 15 is 0 Å². The fourth-order valence-electron chi connectivity index (χ4n) is 8.18. The van der Waals surface area contributed by atoms with E-state index in [0.717, 1.165) is 46.4 Å². The highest BCUT2D eigenvalue weighted by Gasteiger charge is 2.32. The van der Waals surface area contributed by atoms with E-state index < -0.39 is 0 Å². The van der Waals surface area contributed by atoms with Gasteiger partial charge in [0.1, 0.15) is 0 Å². The molecule has 10 rings (SSSR count). The number of para-hydroxylation sites is 2. The summed E-state index contributed by atoms with van der Waals surface area (Å²) in [5, 5.41) is 25.9. The van der Waals surface area contributed by atoms with Crippen molar-refractivity contribution >= 4 is 45.2 Å². The van der Waals surface area contributed by atoms with Gasteiger partial charge in [-0.15, -0.1) is 12.6 Å². The predicted molar refractivity (Wildman–Crippen MR) is 237 cm³/mol. The summed E-state index contributed by atoms with van der Waals surface area (Å²) < 4.78 is 2.36. The van der Waals surface area contributed by atoms with Crippen LogP contribution in [0.1, 0.15) is 46.6 Å². The van der Waals surface area contributed by atoms with Crippen LogP contribution in [0.25, 0.3) is 60.5 Å². The highest BCUT2D eigenvalue weighted by Crippen LogP contribution is 2.54. The Kier molecular flexibility index (Phi) is 9.36. The molecule has 1 saturated carbocycles. The molecule has 9 aromatic rings. The zero-order valence-corrected chi connectivity index (χ0v) is 32.5. The molecule has 8 aromatic carbocycles. The van der Waals surface area contributed by atoms with Crippen LogP contribution < -0.4 is 0 Å². The lowest BCUT2D eigenvalue weighted by molar-refractivity contribution is 0.398. The van der Waals surface area contributed by atoms with Crippen LogP contribution in [0.15, 0.2) is 169 Å². The van der Waals surface area contributed by atoms with Gasteiger partial charge in [-0.2, -0.15) is 0 Å². The van der Waals surface area contributed by atoms with E-state index in [1.165, 1.54) is 60.5 Å². The molecule has 3 nitrogen and oxygen atoms in total. The van der Waals surface area contributed by atoms with Crippen molar-refractivity contribution in [1.29, 1.82) is 0 Å². The Labute approximate surface area is 333 Å². The second kappa shape index (κ2) is 14.8. The zero-order chi connectivity index (χ0) is 38.3. The molecule has 4 heteroatoms. The van der Waals surface area contributed by atoms with Gasteiger partial charge in [0.25, 0.3) is 0 Å². The smallest absolute Gasteiger partial charge is 0.166 e. The zero-order valence-electron chi connectivity index (χ0n) is 31.6. The summed E-state index contributed by atoms with van der Waals surface area (Å²) in [5.74, 6) is 0.323. The lowest BCUT2D eigenvalue weighted by atomic mass is 9.94. The molecular formula is C52H43NO2S. The summed E-state index contributed by atoms with van der Waals surface area (Å²) in [7, 11) is 0. The average molecular weight is 746 g/mol. The number of phenolic OH excluding ortho intramolecular Hbond substituents is 2. The average Bonchev–Trinajstić information content (AvgIpc) is 4.02. The predicted octanol–water partition coefficient (Wildman–Crippen LogP) is 13.7. The molecule has 1 heterocycles. The second-order valence-electron chi connectivity index (χ2n) is 15.0. The van der Waals surface area contributed by atoms with Crippen molar-refractivity contribution in [2.24, 2.45) is 0 Å². The SMILES string of the molecule is Cc1ccc(-c2c(C)c(S)c(C3CC3)c(O)c2O)cc1.c1ccc(-n2c3ccccc3c3cc(-c4ccc(Cc5cccc6ccccc56)cc4)ccc32)cc1. The molecule has 0 aliphatic heterocycles. The van der Waals surface area contributed by atoms with Gasteiger partial charge in [-0.25, -0.2) is 0 Å². The van der Waals surface area contributed by atoms with Crippen molar-refractivity contribution in [3.05, 3.63) is 192 Å². The number of thiol groups is 1. The Morgan fingerprint density at radius 1 is 0.571 bits per heavy atom. The first-order chi connectivity index (χ1) is 27.4. The van der Waals surface area contributed by atoms with E-state index in [1.54, 1.807) is 0 Å². The standard InChI is InChI=1S/C35H25N.C17H18O2S/c1-2-12-30(13-3-1)36-34-16-7-6-15-32(34)33-24-28(21-22-35(33)36)26-19-17-25(18-20-26)23-29-11-8-10-27-9-4-5-14-31(27)29;1-9-3-5-11(6-4-9)13-10(2)17(20)14(12-7-8-12)16(19)15(13)18/h1-22,24H,23H2;3-6,12,18-20H,7-8H2,1-2H3. The molecule has 1 aliphatic carbocycles. The van der Waals surface area contributed by atoms with Crippen LogP contribution in [0.5, 0.6) is 11.5 Å². The van der Waals surface area contributed by atoms with Crippen molar-refractivity contribution in [3.8, 4) is 39.4 Å². The number of fused-ring (bicyclic) bond motifs is 4. The molecule has 0 bridgehead atoms. The lowest BCUT2D eigenvalue weighted by Gasteiger charge is -2.17. The molecule has 0 amide bonds. The quantitative estimate of drug-likeness (QED) is 0.117. The molecule has 1 aromatic heterocycles. The number of hydrogen-bond donors (Lipinski definition) is 3. The normalized spacial score (nSPS) is 12.6. The first-order valence-corrected chi connectivity index (χ1v) is 19.8. The van der Waals surface area contributed by atoms with Gasteiger partial charge in [-0.05, 0) is 114 Å². The van der Waals surface area contributed by atoms with Crippen molar-refractivity contribution in [2.75, 3.05) is 0 Å². The van der Waals surface area contributed by atoms with Crippen molar-refractivity contribution in [2.45, 2.75) is 43.9 Å². The first-order valence-electron chi connectivity index (χ1n) is 19.3. The van der Waals surface area contributed by atoms with Gasteiger partial charge >= 0.3 is 0 Å². The first kappa shape index (κ1) is 35.5. The Balaban J connectivity index is 0.000000174. The number of phenols is 2. The molecule has 0 spiro atoms. The van der Waals surface area contributed by atoms with E-state index in [1.807, 2.05) is 38.1 Å². The van der Waals surface area contributed by atoms with Crippen molar-refractivity contribution < 1.29 is 10.2 Å². The monoisotopic (exact) mass is 745 g/mol. The van der Waals surface area contributed by atoms with Gasteiger partial charge in [0.2, 0.25) is 0 Å². The van der Waals surface area contributed by atoms with Crippen LogP contribution in [0, 0.1) is 13.8 Å². The Bertz CT molecular complexity index is 2830. The van der Waals surface area contributed by atoms with Crippen LogP contribution in [0.4, 0.5) is 0 Å². The Morgan fingerprint density at radius 2 is 1.20 bits per heavy atom. The van der Waals surface area contributed by atoms with E-state index in [2.05, 4.69) is 157 Å². The number of aromatic hydroxyl groups is 2. The number of rotatable bonds is 6. The Hall–Kier alpha value is -6.23. The lowest BCUT2D eigenvalue weighted by Crippen LogP contribution is -1.94. The number of nitrogens with zero attached hydrogens (tertiary/aromatic N) is 1. The van der Waals surface area contributed by atoms with Crippen LogP contribution in [0.3, 0.4) is 0 Å². The van der Waals surface area contributed by atoms with Crippen molar-refractivity contribution in [3.63, 3.8) is 0 Å². The second-order valence-corrected chi connectivity index (χ2v) is 15.5.